The largest absolute Gasteiger partial charge is 0.472 e. The number of phosphoric ester groups is 1. The van der Waals surface area contributed by atoms with Crippen LogP contribution in [0.1, 0.15) is 271 Å². The number of ether oxygens (including phenoxy) is 2. The molecule has 0 heterocycles. The maximum Gasteiger partial charge on any atom is 0.472 e. The molecule has 2 atom stereocenters. The Morgan fingerprint density at radius 1 is 0.484 bits per heavy atom. The fourth-order valence-electron chi connectivity index (χ4n) is 7.85. The Labute approximate surface area is 383 Å². The molecular weight excluding hydrogens is 798 g/mol. The van der Waals surface area contributed by atoms with Gasteiger partial charge in [-0.1, -0.05) is 231 Å². The molecule has 0 amide bonds. The van der Waals surface area contributed by atoms with Crippen LogP contribution in [0, 0.1) is 0 Å². The summed E-state index contributed by atoms with van der Waals surface area (Å²) in [6.07, 6.45) is 52.6. The van der Waals surface area contributed by atoms with Crippen molar-refractivity contribution in [3.05, 3.63) is 12.2 Å². The first-order valence-electron chi connectivity index (χ1n) is 26.6. The number of allylic oxidation sites excluding steroid dienone is 2. The Morgan fingerprint density at radius 2 is 0.823 bits per heavy atom. The number of carbonyl (C=O) groups excluding carboxylic acids is 2. The van der Waals surface area contributed by atoms with Crippen LogP contribution < -0.4 is 5.32 Å². The van der Waals surface area contributed by atoms with E-state index >= 15 is 0 Å². The quantitative estimate of drug-likeness (QED) is 0.0266. The normalized spacial score (nSPS) is 13.2. The van der Waals surface area contributed by atoms with Gasteiger partial charge in [-0.3, -0.25) is 18.6 Å². The minimum absolute atomic E-state index is 0.0131. The zero-order valence-electron chi connectivity index (χ0n) is 41.1. The van der Waals surface area contributed by atoms with Gasteiger partial charge in [-0.2, -0.15) is 0 Å². The molecule has 2 N–H and O–H groups in total. The molecule has 0 aliphatic carbocycles. The van der Waals surface area contributed by atoms with Gasteiger partial charge in [0.1, 0.15) is 6.61 Å². The van der Waals surface area contributed by atoms with E-state index in [-0.39, 0.29) is 25.6 Å². The third-order valence-corrected chi connectivity index (χ3v) is 12.9. The Bertz CT molecular complexity index is 1030. The van der Waals surface area contributed by atoms with Crippen molar-refractivity contribution in [2.45, 2.75) is 277 Å². The molecule has 0 aliphatic rings. The third kappa shape index (κ3) is 48.2. The molecule has 10 heteroatoms. The first kappa shape index (κ1) is 60.8. The first-order chi connectivity index (χ1) is 30.3. The van der Waals surface area contributed by atoms with E-state index in [2.05, 4.69) is 31.3 Å². The Kier molecular flexibility index (Phi) is 48.2. The highest BCUT2D eigenvalue weighted by molar-refractivity contribution is 7.47. The van der Waals surface area contributed by atoms with Crippen molar-refractivity contribution in [2.24, 2.45) is 0 Å². The van der Waals surface area contributed by atoms with E-state index in [0.717, 1.165) is 32.1 Å². The second kappa shape index (κ2) is 49.2. The summed E-state index contributed by atoms with van der Waals surface area (Å²) < 4.78 is 33.4. The van der Waals surface area contributed by atoms with E-state index in [9.17, 15) is 19.0 Å². The molecule has 62 heavy (non-hydrogen) atoms. The summed E-state index contributed by atoms with van der Waals surface area (Å²) in [6, 6.07) is 0. The molecule has 0 saturated heterocycles. The first-order valence-corrected chi connectivity index (χ1v) is 28.1. The SMILES string of the molecule is CCCCCCCC/C=C\CCCCCCCCCCCCCC(=O)OCC(COP(=O)(O)OCCNC)OC(=O)CCCCCCCCCCCCCCCCCCCCC. The number of hydrogen-bond donors (Lipinski definition) is 2. The molecule has 0 aliphatic heterocycles. The lowest BCUT2D eigenvalue weighted by Crippen LogP contribution is -2.29. The van der Waals surface area contributed by atoms with Crippen LogP contribution in [0.25, 0.3) is 0 Å². The van der Waals surface area contributed by atoms with Crippen molar-refractivity contribution >= 4 is 19.8 Å². The van der Waals surface area contributed by atoms with Gasteiger partial charge >= 0.3 is 19.8 Å². The van der Waals surface area contributed by atoms with Crippen LogP contribution in [0.5, 0.6) is 0 Å². The lowest BCUT2D eigenvalue weighted by molar-refractivity contribution is -0.161. The highest BCUT2D eigenvalue weighted by atomic mass is 31.2. The summed E-state index contributed by atoms with van der Waals surface area (Å²) in [5.41, 5.74) is 0. The molecule has 0 rings (SSSR count). The average Bonchev–Trinajstić information content (AvgIpc) is 3.26. The van der Waals surface area contributed by atoms with Crippen LogP contribution in [-0.4, -0.2) is 56.3 Å². The standard InChI is InChI=1S/C52H102NO8P/c1-4-6-8-10-12-14-16-18-20-22-24-25-27-28-30-32-34-36-38-40-42-44-51(54)58-48-50(49-60-62(56,57)59-47-46-53-3)61-52(55)45-43-41-39-37-35-33-31-29-26-23-21-19-17-15-13-11-9-7-5-2/h18,20,50,53H,4-17,19,21-49H2,1-3H3,(H,56,57)/b20-18-. The Balaban J connectivity index is 4.05. The van der Waals surface area contributed by atoms with E-state index in [4.69, 9.17) is 18.5 Å². The van der Waals surface area contributed by atoms with Crippen LogP contribution in [0.15, 0.2) is 12.2 Å². The lowest BCUT2D eigenvalue weighted by atomic mass is 10.0. The number of phosphoric acid groups is 1. The van der Waals surface area contributed by atoms with Crippen LogP contribution in [0.3, 0.4) is 0 Å². The lowest BCUT2D eigenvalue weighted by Gasteiger charge is -2.20. The van der Waals surface area contributed by atoms with Gasteiger partial charge in [-0.25, -0.2) is 4.57 Å². The fraction of sp³-hybridized carbons (Fsp3) is 0.923. The highest BCUT2D eigenvalue weighted by Crippen LogP contribution is 2.43. The summed E-state index contributed by atoms with van der Waals surface area (Å²) >= 11 is 0. The van der Waals surface area contributed by atoms with Crippen molar-refractivity contribution < 1.29 is 37.6 Å². The summed E-state index contributed by atoms with van der Waals surface area (Å²) in [5.74, 6) is -0.789. The summed E-state index contributed by atoms with van der Waals surface area (Å²) in [6.45, 7) is 4.28. The molecular formula is C52H102NO8P. The minimum Gasteiger partial charge on any atom is -0.462 e. The van der Waals surface area contributed by atoms with Gasteiger partial charge in [-0.15, -0.1) is 0 Å². The molecule has 0 aromatic rings. The zero-order valence-corrected chi connectivity index (χ0v) is 42.0. The number of rotatable bonds is 51. The number of unbranched alkanes of at least 4 members (excludes halogenated alkanes) is 35. The third-order valence-electron chi connectivity index (χ3n) is 11.9. The summed E-state index contributed by atoms with van der Waals surface area (Å²) in [7, 11) is -2.64. The number of esters is 2. The Morgan fingerprint density at radius 3 is 1.19 bits per heavy atom. The maximum atomic E-state index is 12.7. The maximum absolute atomic E-state index is 12.7. The number of hydrogen-bond acceptors (Lipinski definition) is 8. The zero-order chi connectivity index (χ0) is 45.3. The molecule has 0 fully saturated rings. The van der Waals surface area contributed by atoms with Gasteiger partial charge < -0.3 is 19.7 Å². The monoisotopic (exact) mass is 900 g/mol. The summed E-state index contributed by atoms with van der Waals surface area (Å²) in [4.78, 5) is 35.3. The topological polar surface area (TPSA) is 120 Å². The molecule has 0 aromatic carbocycles. The van der Waals surface area contributed by atoms with Gasteiger partial charge in [-0.05, 0) is 45.6 Å². The average molecular weight is 900 g/mol. The highest BCUT2D eigenvalue weighted by Gasteiger charge is 2.26. The second-order valence-corrected chi connectivity index (χ2v) is 19.5. The summed E-state index contributed by atoms with van der Waals surface area (Å²) in [5, 5.41) is 2.84. The van der Waals surface area contributed by atoms with Crippen molar-refractivity contribution in [3.8, 4) is 0 Å². The second-order valence-electron chi connectivity index (χ2n) is 18.1. The van der Waals surface area contributed by atoms with Crippen LogP contribution in [-0.2, 0) is 32.7 Å². The van der Waals surface area contributed by atoms with Gasteiger partial charge in [0.15, 0.2) is 6.10 Å². The van der Waals surface area contributed by atoms with Gasteiger partial charge in [0.05, 0.1) is 13.2 Å². The molecule has 0 saturated carbocycles. The van der Waals surface area contributed by atoms with E-state index in [0.29, 0.717) is 19.4 Å². The van der Waals surface area contributed by atoms with Crippen LogP contribution in [0.2, 0.25) is 0 Å². The molecule has 0 spiro atoms. The molecule has 2 unspecified atom stereocenters. The van der Waals surface area contributed by atoms with Crippen molar-refractivity contribution in [1.29, 1.82) is 0 Å². The van der Waals surface area contributed by atoms with Crippen molar-refractivity contribution in [1.82, 2.24) is 5.32 Å². The van der Waals surface area contributed by atoms with E-state index in [1.165, 1.54) is 205 Å². The predicted molar refractivity (Wildman–Crippen MR) is 262 cm³/mol. The molecule has 0 radical (unpaired) electrons. The number of likely N-dealkylation sites (N-methyl/N-ethyl adjacent to an activating group) is 1. The minimum atomic E-state index is -4.35. The van der Waals surface area contributed by atoms with Crippen LogP contribution in [0.4, 0.5) is 0 Å². The smallest absolute Gasteiger partial charge is 0.462 e. The fourth-order valence-corrected chi connectivity index (χ4v) is 8.60. The van der Waals surface area contributed by atoms with Gasteiger partial charge in [0, 0.05) is 19.4 Å². The van der Waals surface area contributed by atoms with E-state index < -0.39 is 26.5 Å². The van der Waals surface area contributed by atoms with E-state index in [1.807, 2.05) is 0 Å². The molecule has 0 aromatic heterocycles. The van der Waals surface area contributed by atoms with Crippen molar-refractivity contribution in [3.63, 3.8) is 0 Å². The molecule has 9 nitrogen and oxygen atoms in total. The number of nitrogens with one attached hydrogen (secondary N) is 1. The van der Waals surface area contributed by atoms with E-state index in [1.54, 1.807) is 7.05 Å². The molecule has 368 valence electrons. The van der Waals surface area contributed by atoms with Crippen molar-refractivity contribution in [2.75, 3.05) is 33.4 Å². The number of carbonyl (C=O) groups is 2. The van der Waals surface area contributed by atoms with Crippen LogP contribution >= 0.6 is 7.82 Å². The van der Waals surface area contributed by atoms with Gasteiger partial charge in [0.2, 0.25) is 0 Å². The predicted octanol–water partition coefficient (Wildman–Crippen LogP) is 16.0. The molecule has 0 bridgehead atoms. The van der Waals surface area contributed by atoms with Gasteiger partial charge in [0.25, 0.3) is 0 Å². The Hall–Kier alpha value is -1.25.